The molecule has 5 nitrogen and oxygen atoms in total. The summed E-state index contributed by atoms with van der Waals surface area (Å²) >= 11 is 5.99. The van der Waals surface area contributed by atoms with Crippen molar-refractivity contribution in [2.24, 2.45) is 0 Å². The van der Waals surface area contributed by atoms with E-state index in [4.69, 9.17) is 16.0 Å². The summed E-state index contributed by atoms with van der Waals surface area (Å²) in [7, 11) is 0. The molecule has 1 saturated heterocycles. The van der Waals surface area contributed by atoms with E-state index >= 15 is 0 Å². The van der Waals surface area contributed by atoms with E-state index in [-0.39, 0.29) is 23.4 Å². The van der Waals surface area contributed by atoms with Crippen molar-refractivity contribution in [1.82, 2.24) is 4.90 Å². The van der Waals surface area contributed by atoms with Crippen LogP contribution in [0.25, 0.3) is 5.76 Å². The van der Waals surface area contributed by atoms with Crippen molar-refractivity contribution in [3.05, 3.63) is 99.7 Å². The highest BCUT2D eigenvalue weighted by atomic mass is 35.5. The van der Waals surface area contributed by atoms with Crippen molar-refractivity contribution >= 4 is 29.1 Å². The van der Waals surface area contributed by atoms with Crippen LogP contribution in [-0.4, -0.2) is 21.7 Å². The van der Waals surface area contributed by atoms with Crippen LogP contribution in [0.1, 0.15) is 28.5 Å². The van der Waals surface area contributed by atoms with E-state index < -0.39 is 23.5 Å². The van der Waals surface area contributed by atoms with Gasteiger partial charge in [-0.15, -0.1) is 0 Å². The highest BCUT2D eigenvalue weighted by molar-refractivity contribution is 6.46. The van der Waals surface area contributed by atoms with E-state index in [1.807, 2.05) is 0 Å². The fourth-order valence-corrected chi connectivity index (χ4v) is 3.68. The van der Waals surface area contributed by atoms with E-state index in [1.54, 1.807) is 43.3 Å². The molecule has 3 aromatic rings. The number of carbonyl (C=O) groups excluding carboxylic acids is 2. The second-order valence-electron chi connectivity index (χ2n) is 7.02. The lowest BCUT2D eigenvalue weighted by atomic mass is 9.95. The molecule has 0 spiro atoms. The monoisotopic (exact) mass is 425 g/mol. The number of aliphatic hydroxyl groups excluding tert-OH is 1. The molecular weight excluding hydrogens is 409 g/mol. The van der Waals surface area contributed by atoms with Crippen LogP contribution in [0.15, 0.2) is 70.9 Å². The summed E-state index contributed by atoms with van der Waals surface area (Å²) in [4.78, 5) is 27.1. The minimum absolute atomic E-state index is 0.0457. The summed E-state index contributed by atoms with van der Waals surface area (Å²) in [5, 5.41) is 11.5. The molecule has 1 aliphatic heterocycles. The molecule has 1 unspecified atom stereocenters. The number of nitrogens with zero attached hydrogens (tertiary/aromatic N) is 1. The fourth-order valence-electron chi connectivity index (χ4n) is 3.55. The molecule has 7 heteroatoms. The van der Waals surface area contributed by atoms with Gasteiger partial charge in [-0.1, -0.05) is 23.7 Å². The molecule has 0 bridgehead atoms. The third kappa shape index (κ3) is 3.50. The maximum absolute atomic E-state index is 13.7. The van der Waals surface area contributed by atoms with Crippen molar-refractivity contribution in [1.29, 1.82) is 0 Å². The first-order valence-electron chi connectivity index (χ1n) is 9.19. The van der Waals surface area contributed by atoms with Crippen LogP contribution < -0.4 is 0 Å². The van der Waals surface area contributed by atoms with Gasteiger partial charge in [0.25, 0.3) is 11.7 Å². The first-order valence-corrected chi connectivity index (χ1v) is 9.57. The van der Waals surface area contributed by atoms with E-state index in [9.17, 15) is 19.1 Å². The number of rotatable bonds is 4. The van der Waals surface area contributed by atoms with Gasteiger partial charge in [-0.05, 0) is 60.5 Å². The van der Waals surface area contributed by atoms with Gasteiger partial charge in [0.05, 0.1) is 24.4 Å². The van der Waals surface area contributed by atoms with Gasteiger partial charge in [-0.25, -0.2) is 4.39 Å². The molecule has 1 amide bonds. The van der Waals surface area contributed by atoms with Crippen molar-refractivity contribution in [3.8, 4) is 0 Å². The number of amides is 1. The molecule has 1 aromatic heterocycles. The lowest BCUT2D eigenvalue weighted by Gasteiger charge is -2.24. The molecule has 0 radical (unpaired) electrons. The van der Waals surface area contributed by atoms with Gasteiger partial charge in [-0.3, -0.25) is 9.59 Å². The van der Waals surface area contributed by atoms with E-state index in [0.29, 0.717) is 21.9 Å². The number of likely N-dealkylation sites (tertiary alicyclic amines) is 1. The van der Waals surface area contributed by atoms with Gasteiger partial charge in [0.15, 0.2) is 0 Å². The predicted octanol–water partition coefficient (Wildman–Crippen LogP) is 5.00. The van der Waals surface area contributed by atoms with Gasteiger partial charge in [0.2, 0.25) is 0 Å². The molecule has 0 saturated carbocycles. The third-order valence-electron chi connectivity index (χ3n) is 5.06. The van der Waals surface area contributed by atoms with Crippen LogP contribution in [0.3, 0.4) is 0 Å². The largest absolute Gasteiger partial charge is 0.507 e. The molecule has 2 heterocycles. The number of ketones is 1. The topological polar surface area (TPSA) is 70.8 Å². The summed E-state index contributed by atoms with van der Waals surface area (Å²) in [5.74, 6) is -1.88. The highest BCUT2D eigenvalue weighted by Crippen LogP contribution is 2.40. The first kappa shape index (κ1) is 19.9. The zero-order chi connectivity index (χ0) is 21.4. The molecule has 0 aliphatic carbocycles. The second kappa shape index (κ2) is 7.80. The van der Waals surface area contributed by atoms with Crippen molar-refractivity contribution < 1.29 is 23.5 Å². The van der Waals surface area contributed by atoms with Crippen LogP contribution in [0, 0.1) is 12.7 Å². The summed E-state index contributed by atoms with van der Waals surface area (Å²) in [6.45, 7) is 1.60. The minimum atomic E-state index is -0.849. The standard InChI is InChI=1S/C23H17ClFNO4/c1-13-11-15(6-9-18(13)25)21(27)19-20(14-4-7-16(24)8-5-14)26(23(29)22(19)28)12-17-3-2-10-30-17/h2-11,20,27H,12H2,1H3/b21-19-. The molecule has 152 valence electrons. The maximum Gasteiger partial charge on any atom is 0.296 e. The van der Waals surface area contributed by atoms with Crippen molar-refractivity contribution in [2.45, 2.75) is 19.5 Å². The molecule has 4 rings (SSSR count). The number of halogens is 2. The third-order valence-corrected chi connectivity index (χ3v) is 5.32. The summed E-state index contributed by atoms with van der Waals surface area (Å²) in [6, 6.07) is 13.2. The van der Waals surface area contributed by atoms with Crippen molar-refractivity contribution in [2.75, 3.05) is 0 Å². The molecule has 1 atom stereocenters. The van der Waals surface area contributed by atoms with E-state index in [0.717, 1.165) is 0 Å². The number of hydrogen-bond acceptors (Lipinski definition) is 4. The fraction of sp³-hybridized carbons (Fsp3) is 0.130. The Hall–Kier alpha value is -3.38. The lowest BCUT2D eigenvalue weighted by molar-refractivity contribution is -0.140. The SMILES string of the molecule is Cc1cc(/C(O)=C2/C(=O)C(=O)N(Cc3ccco3)C2c2ccc(Cl)cc2)ccc1F. The van der Waals surface area contributed by atoms with Crippen LogP contribution in [0.4, 0.5) is 4.39 Å². The van der Waals surface area contributed by atoms with Crippen molar-refractivity contribution in [3.63, 3.8) is 0 Å². The normalized spacial score (nSPS) is 18.2. The smallest absolute Gasteiger partial charge is 0.296 e. The van der Waals surface area contributed by atoms with Gasteiger partial charge >= 0.3 is 0 Å². The lowest BCUT2D eigenvalue weighted by Crippen LogP contribution is -2.29. The minimum Gasteiger partial charge on any atom is -0.507 e. The van der Waals surface area contributed by atoms with Crippen LogP contribution in [-0.2, 0) is 16.1 Å². The Kier molecular flexibility index (Phi) is 5.18. The molecule has 1 N–H and O–H groups in total. The molecule has 2 aromatic carbocycles. The zero-order valence-corrected chi connectivity index (χ0v) is 16.7. The number of hydrogen-bond donors (Lipinski definition) is 1. The Morgan fingerprint density at radius 1 is 1.17 bits per heavy atom. The maximum atomic E-state index is 13.7. The Labute approximate surface area is 177 Å². The Morgan fingerprint density at radius 3 is 2.53 bits per heavy atom. The number of aliphatic hydroxyl groups is 1. The van der Waals surface area contributed by atoms with Crippen LogP contribution in [0.2, 0.25) is 5.02 Å². The molecular formula is C23H17ClFNO4. The van der Waals surface area contributed by atoms with Crippen LogP contribution >= 0.6 is 11.6 Å². The van der Waals surface area contributed by atoms with Gasteiger partial charge in [-0.2, -0.15) is 0 Å². The molecule has 30 heavy (non-hydrogen) atoms. The Morgan fingerprint density at radius 2 is 1.90 bits per heavy atom. The number of Topliss-reactive ketones (excluding diaryl/α,β-unsaturated/α-hetero) is 1. The Balaban J connectivity index is 1.87. The second-order valence-corrected chi connectivity index (χ2v) is 7.46. The summed E-state index contributed by atoms with van der Waals surface area (Å²) in [6.07, 6.45) is 1.48. The number of aryl methyl sites for hydroxylation is 1. The number of furan rings is 1. The quantitative estimate of drug-likeness (QED) is 0.362. The highest BCUT2D eigenvalue weighted by Gasteiger charge is 2.46. The molecule has 1 fully saturated rings. The first-order chi connectivity index (χ1) is 14.4. The predicted molar refractivity (Wildman–Crippen MR) is 109 cm³/mol. The van der Waals surface area contributed by atoms with Gasteiger partial charge < -0.3 is 14.4 Å². The summed E-state index contributed by atoms with van der Waals surface area (Å²) in [5.41, 5.74) is 1.10. The van der Waals surface area contributed by atoms with Gasteiger partial charge in [0, 0.05) is 10.6 Å². The molecule has 1 aliphatic rings. The number of carbonyl (C=O) groups is 2. The average molecular weight is 426 g/mol. The summed E-state index contributed by atoms with van der Waals surface area (Å²) < 4.78 is 19.0. The average Bonchev–Trinajstić information content (AvgIpc) is 3.33. The van der Waals surface area contributed by atoms with Crippen LogP contribution in [0.5, 0.6) is 0 Å². The van der Waals surface area contributed by atoms with Gasteiger partial charge in [0.1, 0.15) is 17.3 Å². The number of benzene rings is 2. The Bertz CT molecular complexity index is 1150. The zero-order valence-electron chi connectivity index (χ0n) is 15.9. The van der Waals surface area contributed by atoms with E-state index in [2.05, 4.69) is 0 Å². The van der Waals surface area contributed by atoms with E-state index in [1.165, 1.54) is 29.4 Å².